The van der Waals surface area contributed by atoms with Gasteiger partial charge in [0.2, 0.25) is 0 Å². The highest BCUT2D eigenvalue weighted by atomic mass is 16.4. The van der Waals surface area contributed by atoms with Crippen molar-refractivity contribution in [3.05, 3.63) is 35.9 Å². The molecule has 1 saturated heterocycles. The maximum atomic E-state index is 11.8. The minimum Gasteiger partial charge on any atom is -0.508 e. The van der Waals surface area contributed by atoms with E-state index in [2.05, 4.69) is 11.9 Å². The number of aromatic hydroxyl groups is 1. The number of anilines is 1. The van der Waals surface area contributed by atoms with Crippen molar-refractivity contribution in [2.75, 3.05) is 11.4 Å². The molecule has 0 saturated carbocycles. The number of carbonyl (C=O) groups is 2. The van der Waals surface area contributed by atoms with E-state index < -0.39 is 18.0 Å². The molecule has 1 aliphatic rings. The van der Waals surface area contributed by atoms with Gasteiger partial charge in [-0.2, -0.15) is 0 Å². The van der Waals surface area contributed by atoms with E-state index in [1.807, 2.05) is 0 Å². The Labute approximate surface area is 110 Å². The molecule has 6 nitrogen and oxygen atoms in total. The highest BCUT2D eigenvalue weighted by Crippen LogP contribution is 2.26. The van der Waals surface area contributed by atoms with Crippen LogP contribution in [0.25, 0.3) is 0 Å². The van der Waals surface area contributed by atoms with Crippen LogP contribution in [0.5, 0.6) is 5.75 Å². The molecule has 1 unspecified atom stereocenters. The Morgan fingerprint density at radius 3 is 2.79 bits per heavy atom. The first kappa shape index (κ1) is 12.9. The lowest BCUT2D eigenvalue weighted by Gasteiger charge is -2.15. The summed E-state index contributed by atoms with van der Waals surface area (Å²) in [5.41, 5.74) is 1.16. The van der Waals surface area contributed by atoms with Gasteiger partial charge in [-0.05, 0) is 18.6 Å². The van der Waals surface area contributed by atoms with E-state index in [0.29, 0.717) is 11.3 Å². The molecular weight excluding hydrogens is 248 g/mol. The van der Waals surface area contributed by atoms with Crippen molar-refractivity contribution in [2.24, 2.45) is 0 Å². The summed E-state index contributed by atoms with van der Waals surface area (Å²) in [5, 5.41) is 21.0. The Hall–Kier alpha value is -2.50. The topological polar surface area (TPSA) is 89.9 Å². The van der Waals surface area contributed by atoms with Gasteiger partial charge in [-0.1, -0.05) is 12.6 Å². The summed E-state index contributed by atoms with van der Waals surface area (Å²) in [6, 6.07) is 3.82. The van der Waals surface area contributed by atoms with Gasteiger partial charge in [0.1, 0.15) is 5.75 Å². The maximum absolute atomic E-state index is 11.8. The first-order valence-electron chi connectivity index (χ1n) is 5.70. The van der Waals surface area contributed by atoms with Crippen molar-refractivity contribution in [1.82, 2.24) is 5.32 Å². The lowest BCUT2D eigenvalue weighted by Crippen LogP contribution is -2.31. The fourth-order valence-electron chi connectivity index (χ4n) is 1.87. The van der Waals surface area contributed by atoms with Crippen molar-refractivity contribution in [2.45, 2.75) is 13.0 Å². The van der Waals surface area contributed by atoms with Gasteiger partial charge in [0, 0.05) is 11.8 Å². The standard InChI is InChI=1S/C13H14N2O4/c1-7-3-4-9(5-11(7)16)15-6-10(14-13(15)19)8(2)12(17)18/h3-5,10,16H,2,6H2,1H3,(H,14,19)(H,17,18). The molecule has 6 heteroatoms. The predicted molar refractivity (Wildman–Crippen MR) is 69.3 cm³/mol. The van der Waals surface area contributed by atoms with Gasteiger partial charge in [-0.15, -0.1) is 0 Å². The molecule has 100 valence electrons. The van der Waals surface area contributed by atoms with Crippen LogP contribution in [0.15, 0.2) is 30.4 Å². The molecule has 1 aliphatic heterocycles. The van der Waals surface area contributed by atoms with E-state index in [4.69, 9.17) is 5.11 Å². The number of aliphatic carboxylic acids is 1. The number of urea groups is 1. The van der Waals surface area contributed by atoms with Crippen LogP contribution in [-0.2, 0) is 4.79 Å². The van der Waals surface area contributed by atoms with Gasteiger partial charge in [0.05, 0.1) is 18.2 Å². The molecule has 1 aromatic carbocycles. The third kappa shape index (κ3) is 2.37. The van der Waals surface area contributed by atoms with Gasteiger partial charge in [-0.25, -0.2) is 9.59 Å². The van der Waals surface area contributed by atoms with Crippen molar-refractivity contribution in [3.8, 4) is 5.75 Å². The van der Waals surface area contributed by atoms with E-state index >= 15 is 0 Å². The first-order chi connectivity index (χ1) is 8.90. The Bertz CT molecular complexity index is 568. The van der Waals surface area contributed by atoms with E-state index in [9.17, 15) is 14.7 Å². The van der Waals surface area contributed by atoms with Crippen molar-refractivity contribution < 1.29 is 19.8 Å². The van der Waals surface area contributed by atoms with E-state index in [-0.39, 0.29) is 17.9 Å². The Morgan fingerprint density at radius 1 is 1.53 bits per heavy atom. The van der Waals surface area contributed by atoms with Crippen LogP contribution >= 0.6 is 0 Å². The molecule has 1 aromatic rings. The molecule has 1 atom stereocenters. The molecular formula is C13H14N2O4. The monoisotopic (exact) mass is 262 g/mol. The second-order valence-corrected chi connectivity index (χ2v) is 4.41. The highest BCUT2D eigenvalue weighted by Gasteiger charge is 2.33. The van der Waals surface area contributed by atoms with Gasteiger partial charge in [0.25, 0.3) is 0 Å². The van der Waals surface area contributed by atoms with E-state index in [0.717, 1.165) is 0 Å². The predicted octanol–water partition coefficient (Wildman–Crippen LogP) is 1.24. The number of hydrogen-bond acceptors (Lipinski definition) is 3. The van der Waals surface area contributed by atoms with Gasteiger partial charge < -0.3 is 15.5 Å². The van der Waals surface area contributed by atoms with Crippen LogP contribution in [0.4, 0.5) is 10.5 Å². The zero-order chi connectivity index (χ0) is 14.2. The number of hydrogen-bond donors (Lipinski definition) is 3. The van der Waals surface area contributed by atoms with Gasteiger partial charge >= 0.3 is 12.0 Å². The molecule has 0 bridgehead atoms. The van der Waals surface area contributed by atoms with Crippen LogP contribution in [0, 0.1) is 6.92 Å². The number of rotatable bonds is 3. The molecule has 0 spiro atoms. The molecule has 19 heavy (non-hydrogen) atoms. The minimum absolute atomic E-state index is 0.0628. The van der Waals surface area contributed by atoms with Crippen molar-refractivity contribution >= 4 is 17.7 Å². The Morgan fingerprint density at radius 2 is 2.21 bits per heavy atom. The number of phenols is 1. The first-order valence-corrected chi connectivity index (χ1v) is 5.70. The smallest absolute Gasteiger partial charge is 0.333 e. The summed E-state index contributed by atoms with van der Waals surface area (Å²) >= 11 is 0. The fraction of sp³-hybridized carbons (Fsp3) is 0.231. The zero-order valence-electron chi connectivity index (χ0n) is 10.4. The number of nitrogens with one attached hydrogen (secondary N) is 1. The number of phenolic OH excluding ortho intramolecular Hbond substituents is 1. The number of carboxylic acid groups (broad SMARTS) is 1. The Kier molecular flexibility index (Phi) is 3.16. The van der Waals surface area contributed by atoms with Crippen LogP contribution in [0.3, 0.4) is 0 Å². The molecule has 2 rings (SSSR count). The van der Waals surface area contributed by atoms with E-state index in [1.54, 1.807) is 19.1 Å². The van der Waals surface area contributed by atoms with E-state index in [1.165, 1.54) is 11.0 Å². The molecule has 2 amide bonds. The molecule has 0 aliphatic carbocycles. The quantitative estimate of drug-likeness (QED) is 0.715. The van der Waals surface area contributed by atoms with Crippen LogP contribution in [-0.4, -0.2) is 34.8 Å². The molecule has 1 fully saturated rings. The summed E-state index contributed by atoms with van der Waals surface area (Å²) in [6.45, 7) is 5.36. The largest absolute Gasteiger partial charge is 0.508 e. The van der Waals surface area contributed by atoms with Crippen LogP contribution in [0.2, 0.25) is 0 Å². The molecule has 0 aromatic heterocycles. The number of carbonyl (C=O) groups excluding carboxylic acids is 1. The number of nitrogens with zero attached hydrogens (tertiary/aromatic N) is 1. The van der Waals surface area contributed by atoms with Crippen molar-refractivity contribution in [3.63, 3.8) is 0 Å². The fourth-order valence-corrected chi connectivity index (χ4v) is 1.87. The van der Waals surface area contributed by atoms with Crippen LogP contribution < -0.4 is 10.2 Å². The molecule has 1 heterocycles. The maximum Gasteiger partial charge on any atom is 0.333 e. The summed E-state index contributed by atoms with van der Waals surface area (Å²) in [4.78, 5) is 24.0. The third-order valence-electron chi connectivity index (χ3n) is 3.11. The zero-order valence-corrected chi connectivity index (χ0v) is 10.4. The molecule has 3 N–H and O–H groups in total. The summed E-state index contributed by atoms with van der Waals surface area (Å²) < 4.78 is 0. The average Bonchev–Trinajstić information content (AvgIpc) is 2.73. The third-order valence-corrected chi connectivity index (χ3v) is 3.11. The lowest BCUT2D eigenvalue weighted by molar-refractivity contribution is -0.132. The number of carboxylic acids is 1. The normalized spacial score (nSPS) is 18.3. The SMILES string of the molecule is C=C(C(=O)O)C1CN(c2ccc(C)c(O)c2)C(=O)N1. The summed E-state index contributed by atoms with van der Waals surface area (Å²) in [7, 11) is 0. The Balaban J connectivity index is 2.22. The average molecular weight is 262 g/mol. The van der Waals surface area contributed by atoms with Crippen LogP contribution in [0.1, 0.15) is 5.56 Å². The number of aryl methyl sites for hydroxylation is 1. The lowest BCUT2D eigenvalue weighted by atomic mass is 10.1. The second-order valence-electron chi connectivity index (χ2n) is 4.41. The molecule has 0 radical (unpaired) electrons. The summed E-state index contributed by atoms with van der Waals surface area (Å²) in [5.74, 6) is -1.05. The second kappa shape index (κ2) is 4.64. The number of amides is 2. The van der Waals surface area contributed by atoms with Crippen molar-refractivity contribution in [1.29, 1.82) is 0 Å². The highest BCUT2D eigenvalue weighted by molar-refractivity contribution is 5.98. The summed E-state index contributed by atoms with van der Waals surface area (Å²) in [6.07, 6.45) is 0. The number of benzene rings is 1. The van der Waals surface area contributed by atoms with Gasteiger partial charge in [0.15, 0.2) is 0 Å². The minimum atomic E-state index is -1.14. The van der Waals surface area contributed by atoms with Gasteiger partial charge in [-0.3, -0.25) is 4.90 Å².